The molecule has 0 heterocycles. The van der Waals surface area contributed by atoms with E-state index in [2.05, 4.69) is 0 Å². The van der Waals surface area contributed by atoms with Crippen molar-refractivity contribution in [3.05, 3.63) is 0 Å². The Morgan fingerprint density at radius 1 is 0.692 bits per heavy atom. The van der Waals surface area contributed by atoms with Gasteiger partial charge in [0, 0.05) is 16.6 Å². The summed E-state index contributed by atoms with van der Waals surface area (Å²) in [5, 5.41) is 0. The SMILES string of the molecule is CC(C)(N)CC(C)(N)CC(C)(C)N. The van der Waals surface area contributed by atoms with E-state index in [9.17, 15) is 0 Å². The first kappa shape index (κ1) is 12.9. The van der Waals surface area contributed by atoms with E-state index in [1.165, 1.54) is 0 Å². The smallest absolute Gasteiger partial charge is 0.0160 e. The van der Waals surface area contributed by atoms with E-state index in [1.807, 2.05) is 34.6 Å². The van der Waals surface area contributed by atoms with Gasteiger partial charge in [-0.25, -0.2) is 0 Å². The molecule has 0 rings (SSSR count). The van der Waals surface area contributed by atoms with Crippen LogP contribution in [0.1, 0.15) is 47.5 Å². The summed E-state index contributed by atoms with van der Waals surface area (Å²) in [6.45, 7) is 9.96. The number of rotatable bonds is 4. The van der Waals surface area contributed by atoms with Crippen LogP contribution in [0.15, 0.2) is 0 Å². The van der Waals surface area contributed by atoms with Gasteiger partial charge < -0.3 is 17.2 Å². The summed E-state index contributed by atoms with van der Waals surface area (Å²) in [6.07, 6.45) is 1.56. The van der Waals surface area contributed by atoms with E-state index in [0.29, 0.717) is 0 Å². The average molecular weight is 187 g/mol. The van der Waals surface area contributed by atoms with Crippen molar-refractivity contribution in [3.63, 3.8) is 0 Å². The minimum Gasteiger partial charge on any atom is -0.325 e. The molecule has 0 aromatic heterocycles. The zero-order valence-electron chi connectivity index (χ0n) is 9.65. The Bertz CT molecular complexity index is 142. The zero-order valence-corrected chi connectivity index (χ0v) is 9.65. The minimum atomic E-state index is -0.281. The van der Waals surface area contributed by atoms with Crippen LogP contribution in [0.5, 0.6) is 0 Å². The Labute approximate surface area is 82.0 Å². The minimum absolute atomic E-state index is 0.227. The molecular formula is C10H25N3. The van der Waals surface area contributed by atoms with Gasteiger partial charge >= 0.3 is 0 Å². The molecule has 0 bridgehead atoms. The van der Waals surface area contributed by atoms with Crippen molar-refractivity contribution >= 4 is 0 Å². The highest BCUT2D eigenvalue weighted by atomic mass is 14.8. The molecule has 0 fully saturated rings. The number of nitrogens with two attached hydrogens (primary N) is 3. The lowest BCUT2D eigenvalue weighted by molar-refractivity contribution is 0.264. The van der Waals surface area contributed by atoms with Gasteiger partial charge in [0.25, 0.3) is 0 Å². The topological polar surface area (TPSA) is 78.1 Å². The summed E-state index contributed by atoms with van der Waals surface area (Å²) in [4.78, 5) is 0. The van der Waals surface area contributed by atoms with E-state index in [4.69, 9.17) is 17.2 Å². The van der Waals surface area contributed by atoms with Crippen molar-refractivity contribution in [2.45, 2.75) is 64.1 Å². The van der Waals surface area contributed by atoms with E-state index < -0.39 is 0 Å². The van der Waals surface area contributed by atoms with Gasteiger partial charge in [-0.3, -0.25) is 0 Å². The van der Waals surface area contributed by atoms with Gasteiger partial charge in [0.1, 0.15) is 0 Å². The quantitative estimate of drug-likeness (QED) is 0.613. The summed E-state index contributed by atoms with van der Waals surface area (Å²) in [5.41, 5.74) is 17.2. The van der Waals surface area contributed by atoms with Crippen molar-refractivity contribution in [2.75, 3.05) is 0 Å². The first-order chi connectivity index (χ1) is 5.41. The highest BCUT2D eigenvalue weighted by molar-refractivity contribution is 4.93. The normalized spacial score (nSPS) is 14.8. The highest BCUT2D eigenvalue weighted by Crippen LogP contribution is 2.23. The predicted molar refractivity (Wildman–Crippen MR) is 58.4 cm³/mol. The largest absolute Gasteiger partial charge is 0.325 e. The lowest BCUT2D eigenvalue weighted by Gasteiger charge is -2.36. The van der Waals surface area contributed by atoms with Gasteiger partial charge in [-0.2, -0.15) is 0 Å². The van der Waals surface area contributed by atoms with Gasteiger partial charge in [-0.05, 0) is 47.5 Å². The second kappa shape index (κ2) is 3.56. The zero-order chi connectivity index (χ0) is 10.9. The number of hydrogen-bond donors (Lipinski definition) is 3. The fourth-order valence-electron chi connectivity index (χ4n) is 2.14. The molecule has 0 aromatic rings. The molecular weight excluding hydrogens is 162 g/mol. The first-order valence-corrected chi connectivity index (χ1v) is 4.78. The van der Waals surface area contributed by atoms with Crippen LogP contribution in [-0.4, -0.2) is 16.6 Å². The van der Waals surface area contributed by atoms with E-state index >= 15 is 0 Å². The molecule has 0 radical (unpaired) electrons. The van der Waals surface area contributed by atoms with Crippen molar-refractivity contribution in [1.82, 2.24) is 0 Å². The van der Waals surface area contributed by atoms with Gasteiger partial charge in [0.2, 0.25) is 0 Å². The Morgan fingerprint density at radius 3 is 1.08 bits per heavy atom. The molecule has 0 saturated heterocycles. The molecule has 0 saturated carbocycles. The van der Waals surface area contributed by atoms with Crippen LogP contribution in [0, 0.1) is 0 Å². The maximum absolute atomic E-state index is 6.13. The van der Waals surface area contributed by atoms with Crippen LogP contribution in [-0.2, 0) is 0 Å². The van der Waals surface area contributed by atoms with E-state index in [1.54, 1.807) is 0 Å². The molecule has 80 valence electrons. The third kappa shape index (κ3) is 8.22. The fourth-order valence-corrected chi connectivity index (χ4v) is 2.14. The summed E-state index contributed by atoms with van der Waals surface area (Å²) < 4.78 is 0. The van der Waals surface area contributed by atoms with E-state index in [0.717, 1.165) is 12.8 Å². The molecule has 3 nitrogen and oxygen atoms in total. The molecule has 0 aromatic carbocycles. The van der Waals surface area contributed by atoms with Crippen molar-refractivity contribution in [3.8, 4) is 0 Å². The predicted octanol–water partition coefficient (Wildman–Crippen LogP) is 0.959. The van der Waals surface area contributed by atoms with E-state index in [-0.39, 0.29) is 16.6 Å². The lowest BCUT2D eigenvalue weighted by Crippen LogP contribution is -2.52. The first-order valence-electron chi connectivity index (χ1n) is 4.78. The summed E-state index contributed by atoms with van der Waals surface area (Å²) >= 11 is 0. The Morgan fingerprint density at radius 2 is 0.923 bits per heavy atom. The van der Waals surface area contributed by atoms with Crippen molar-refractivity contribution < 1.29 is 0 Å². The highest BCUT2D eigenvalue weighted by Gasteiger charge is 2.30. The van der Waals surface area contributed by atoms with Gasteiger partial charge in [-0.15, -0.1) is 0 Å². The third-order valence-corrected chi connectivity index (χ3v) is 1.72. The van der Waals surface area contributed by atoms with Crippen molar-refractivity contribution in [2.24, 2.45) is 17.2 Å². The average Bonchev–Trinajstić information content (AvgIpc) is 1.43. The standard InChI is InChI=1S/C10H25N3/c1-8(2,11)6-10(5,13)7-9(3,4)12/h6-7,11-13H2,1-5H3. The molecule has 13 heavy (non-hydrogen) atoms. The molecule has 0 amide bonds. The molecule has 0 aliphatic heterocycles. The third-order valence-electron chi connectivity index (χ3n) is 1.72. The molecule has 0 unspecified atom stereocenters. The Hall–Kier alpha value is -0.120. The van der Waals surface area contributed by atoms with Gasteiger partial charge in [-0.1, -0.05) is 0 Å². The van der Waals surface area contributed by atoms with Crippen molar-refractivity contribution in [1.29, 1.82) is 0 Å². The molecule has 0 atom stereocenters. The second-order valence-electron chi connectivity index (χ2n) is 5.98. The van der Waals surface area contributed by atoms with Crippen LogP contribution in [0.4, 0.5) is 0 Å². The molecule has 6 N–H and O–H groups in total. The van der Waals surface area contributed by atoms with Crippen LogP contribution < -0.4 is 17.2 Å². The maximum Gasteiger partial charge on any atom is 0.0160 e. The fraction of sp³-hybridized carbons (Fsp3) is 1.00. The molecule has 0 aliphatic carbocycles. The summed E-state index contributed by atoms with van der Waals surface area (Å²) in [5.74, 6) is 0. The monoisotopic (exact) mass is 187 g/mol. The Balaban J connectivity index is 4.25. The van der Waals surface area contributed by atoms with Crippen LogP contribution >= 0.6 is 0 Å². The summed E-state index contributed by atoms with van der Waals surface area (Å²) in [6, 6.07) is 0. The van der Waals surface area contributed by atoms with Crippen LogP contribution in [0.3, 0.4) is 0 Å². The molecule has 0 aliphatic rings. The molecule has 0 spiro atoms. The second-order valence-corrected chi connectivity index (χ2v) is 5.98. The van der Waals surface area contributed by atoms with Gasteiger partial charge in [0.15, 0.2) is 0 Å². The van der Waals surface area contributed by atoms with Crippen LogP contribution in [0.2, 0.25) is 0 Å². The van der Waals surface area contributed by atoms with Crippen LogP contribution in [0.25, 0.3) is 0 Å². The number of hydrogen-bond acceptors (Lipinski definition) is 3. The summed E-state index contributed by atoms with van der Waals surface area (Å²) in [7, 11) is 0. The molecule has 3 heteroatoms. The maximum atomic E-state index is 6.13. The Kier molecular flexibility index (Phi) is 3.53. The van der Waals surface area contributed by atoms with Gasteiger partial charge in [0.05, 0.1) is 0 Å². The lowest BCUT2D eigenvalue weighted by atomic mass is 9.79.